The van der Waals surface area contributed by atoms with Crippen LogP contribution < -0.4 is 4.74 Å². The van der Waals surface area contributed by atoms with Gasteiger partial charge < -0.3 is 9.47 Å². The van der Waals surface area contributed by atoms with Gasteiger partial charge in [0.1, 0.15) is 11.9 Å². The van der Waals surface area contributed by atoms with E-state index in [-0.39, 0.29) is 12.1 Å². The largest absolute Gasteiger partial charge is 0.494 e. The number of rotatable bonds is 16. The molecule has 1 aliphatic rings. The lowest BCUT2D eigenvalue weighted by molar-refractivity contribution is -0.151. The second-order valence-corrected chi connectivity index (χ2v) is 9.27. The van der Waals surface area contributed by atoms with Crippen molar-refractivity contribution < 1.29 is 14.3 Å². The van der Waals surface area contributed by atoms with Gasteiger partial charge in [0.25, 0.3) is 0 Å². The standard InChI is InChI=1S/C28H46O3/c1-3-5-7-8-9-10-11-12-13-21-28(29)31-27-20-15-14-19-26(27)24-17-16-18-25(23-24)30-22-6-4-2/h16-18,23,26-27H,3-15,19-22H2,1-2H3/t26-,27?/m1/s1. The molecule has 0 amide bonds. The molecule has 0 spiro atoms. The first-order valence-electron chi connectivity index (χ1n) is 13.2. The van der Waals surface area contributed by atoms with Crippen molar-refractivity contribution in [3.63, 3.8) is 0 Å². The summed E-state index contributed by atoms with van der Waals surface area (Å²) in [6.07, 6.45) is 18.7. The molecule has 0 saturated heterocycles. The summed E-state index contributed by atoms with van der Waals surface area (Å²) in [4.78, 5) is 12.5. The Bertz CT molecular complexity index is 598. The molecule has 31 heavy (non-hydrogen) atoms. The first-order valence-corrected chi connectivity index (χ1v) is 13.2. The fourth-order valence-electron chi connectivity index (χ4n) is 4.60. The maximum absolute atomic E-state index is 12.5. The Balaban J connectivity index is 1.72. The highest BCUT2D eigenvalue weighted by Gasteiger charge is 2.29. The van der Waals surface area contributed by atoms with Crippen LogP contribution in [0.25, 0.3) is 0 Å². The quantitative estimate of drug-likeness (QED) is 0.195. The summed E-state index contributed by atoms with van der Waals surface area (Å²) in [6.45, 7) is 5.20. The summed E-state index contributed by atoms with van der Waals surface area (Å²) >= 11 is 0. The molecule has 0 aliphatic heterocycles. The van der Waals surface area contributed by atoms with Crippen LogP contribution in [0.15, 0.2) is 24.3 Å². The van der Waals surface area contributed by atoms with E-state index in [1.807, 2.05) is 6.07 Å². The highest BCUT2D eigenvalue weighted by atomic mass is 16.5. The van der Waals surface area contributed by atoms with E-state index in [9.17, 15) is 4.79 Å². The van der Waals surface area contributed by atoms with E-state index in [0.717, 1.165) is 57.3 Å². The van der Waals surface area contributed by atoms with Crippen LogP contribution in [0.2, 0.25) is 0 Å². The van der Waals surface area contributed by atoms with E-state index < -0.39 is 0 Å². The summed E-state index contributed by atoms with van der Waals surface area (Å²) in [5, 5.41) is 0. The molecule has 1 aromatic rings. The molecule has 1 saturated carbocycles. The van der Waals surface area contributed by atoms with Crippen LogP contribution in [-0.4, -0.2) is 18.7 Å². The highest BCUT2D eigenvalue weighted by Crippen LogP contribution is 2.36. The molecule has 0 radical (unpaired) electrons. The number of esters is 1. The lowest BCUT2D eigenvalue weighted by Gasteiger charge is -2.31. The van der Waals surface area contributed by atoms with Gasteiger partial charge in [-0.25, -0.2) is 0 Å². The second-order valence-electron chi connectivity index (χ2n) is 9.27. The molecule has 0 aromatic heterocycles. The molecule has 2 rings (SSSR count). The predicted octanol–water partition coefficient (Wildman–Crippen LogP) is 8.36. The Kier molecular flexibility index (Phi) is 13.4. The molecule has 176 valence electrons. The average molecular weight is 431 g/mol. The van der Waals surface area contributed by atoms with Crippen molar-refractivity contribution in [1.82, 2.24) is 0 Å². The van der Waals surface area contributed by atoms with Crippen LogP contribution in [0.1, 0.15) is 128 Å². The molecule has 1 fully saturated rings. The SMILES string of the molecule is CCCCCCCCCCCC(=O)OC1CCCC[C@@H]1c1cccc(OCCCC)c1. The van der Waals surface area contributed by atoms with E-state index in [0.29, 0.717) is 12.3 Å². The number of hydrogen-bond acceptors (Lipinski definition) is 3. The molecule has 1 unspecified atom stereocenters. The Morgan fingerprint density at radius 2 is 1.55 bits per heavy atom. The van der Waals surface area contributed by atoms with Crippen LogP contribution in [0, 0.1) is 0 Å². The number of hydrogen-bond donors (Lipinski definition) is 0. The third-order valence-electron chi connectivity index (χ3n) is 6.52. The van der Waals surface area contributed by atoms with E-state index in [1.165, 1.54) is 56.9 Å². The molecule has 3 heteroatoms. The fourth-order valence-corrected chi connectivity index (χ4v) is 4.60. The van der Waals surface area contributed by atoms with Gasteiger partial charge in [0.2, 0.25) is 0 Å². The van der Waals surface area contributed by atoms with Crippen LogP contribution in [0.4, 0.5) is 0 Å². The van der Waals surface area contributed by atoms with Gasteiger partial charge in [0.15, 0.2) is 0 Å². The Morgan fingerprint density at radius 3 is 2.29 bits per heavy atom. The van der Waals surface area contributed by atoms with Gasteiger partial charge in [-0.2, -0.15) is 0 Å². The summed E-state index contributed by atoms with van der Waals surface area (Å²) in [5.41, 5.74) is 1.26. The monoisotopic (exact) mass is 430 g/mol. The van der Waals surface area contributed by atoms with Gasteiger partial charge in [-0.1, -0.05) is 90.2 Å². The van der Waals surface area contributed by atoms with E-state index in [1.54, 1.807) is 0 Å². The maximum Gasteiger partial charge on any atom is 0.306 e. The van der Waals surface area contributed by atoms with Crippen molar-refractivity contribution in [2.24, 2.45) is 0 Å². The van der Waals surface area contributed by atoms with Crippen molar-refractivity contribution in [3.8, 4) is 5.75 Å². The normalized spacial score (nSPS) is 18.6. The molecule has 1 aliphatic carbocycles. The van der Waals surface area contributed by atoms with Gasteiger partial charge in [-0.15, -0.1) is 0 Å². The zero-order valence-corrected chi connectivity index (χ0v) is 20.2. The third kappa shape index (κ3) is 10.6. The van der Waals surface area contributed by atoms with Gasteiger partial charge in [-0.3, -0.25) is 4.79 Å². The second kappa shape index (κ2) is 16.2. The van der Waals surface area contributed by atoms with Crippen molar-refractivity contribution in [2.75, 3.05) is 6.61 Å². The topological polar surface area (TPSA) is 35.5 Å². The van der Waals surface area contributed by atoms with Crippen molar-refractivity contribution in [1.29, 1.82) is 0 Å². The molecule has 2 atom stereocenters. The molecular weight excluding hydrogens is 384 g/mol. The minimum atomic E-state index is -0.00445. The number of carbonyl (C=O) groups excluding carboxylic acids is 1. The number of unbranched alkanes of at least 4 members (excludes halogenated alkanes) is 9. The molecular formula is C28H46O3. The van der Waals surface area contributed by atoms with E-state index in [4.69, 9.17) is 9.47 Å². The maximum atomic E-state index is 12.5. The Hall–Kier alpha value is -1.51. The van der Waals surface area contributed by atoms with Crippen LogP contribution in [-0.2, 0) is 9.53 Å². The van der Waals surface area contributed by atoms with Crippen molar-refractivity contribution in [3.05, 3.63) is 29.8 Å². The molecule has 0 bridgehead atoms. The minimum Gasteiger partial charge on any atom is -0.494 e. The van der Waals surface area contributed by atoms with Crippen LogP contribution in [0.3, 0.4) is 0 Å². The van der Waals surface area contributed by atoms with Gasteiger partial charge >= 0.3 is 5.97 Å². The van der Waals surface area contributed by atoms with Gasteiger partial charge in [0, 0.05) is 12.3 Å². The van der Waals surface area contributed by atoms with E-state index >= 15 is 0 Å². The smallest absolute Gasteiger partial charge is 0.306 e. The Morgan fingerprint density at radius 1 is 0.871 bits per heavy atom. The first kappa shape index (κ1) is 25.7. The van der Waals surface area contributed by atoms with Crippen LogP contribution >= 0.6 is 0 Å². The number of ether oxygens (including phenoxy) is 2. The van der Waals surface area contributed by atoms with Gasteiger partial charge in [-0.05, 0) is 49.8 Å². The molecule has 0 heterocycles. The molecule has 3 nitrogen and oxygen atoms in total. The number of carbonyl (C=O) groups is 1. The molecule has 1 aromatic carbocycles. The molecule has 0 N–H and O–H groups in total. The highest BCUT2D eigenvalue weighted by molar-refractivity contribution is 5.69. The number of benzene rings is 1. The fraction of sp³-hybridized carbons (Fsp3) is 0.750. The first-order chi connectivity index (χ1) is 15.2. The lowest BCUT2D eigenvalue weighted by atomic mass is 9.81. The summed E-state index contributed by atoms with van der Waals surface area (Å²) < 4.78 is 11.9. The summed E-state index contributed by atoms with van der Waals surface area (Å²) in [6, 6.07) is 8.44. The zero-order valence-electron chi connectivity index (χ0n) is 20.2. The third-order valence-corrected chi connectivity index (χ3v) is 6.52. The lowest BCUT2D eigenvalue weighted by Crippen LogP contribution is -2.28. The zero-order chi connectivity index (χ0) is 22.2. The van der Waals surface area contributed by atoms with Crippen molar-refractivity contribution >= 4 is 5.97 Å². The average Bonchev–Trinajstić information content (AvgIpc) is 2.79. The predicted molar refractivity (Wildman–Crippen MR) is 130 cm³/mol. The Labute approximate surface area is 191 Å². The minimum absolute atomic E-state index is 0.00445. The van der Waals surface area contributed by atoms with Crippen molar-refractivity contribution in [2.45, 2.75) is 129 Å². The summed E-state index contributed by atoms with van der Waals surface area (Å²) in [5.74, 6) is 1.24. The summed E-state index contributed by atoms with van der Waals surface area (Å²) in [7, 11) is 0. The van der Waals surface area contributed by atoms with E-state index in [2.05, 4.69) is 32.0 Å². The van der Waals surface area contributed by atoms with Gasteiger partial charge in [0.05, 0.1) is 6.61 Å². The van der Waals surface area contributed by atoms with Crippen LogP contribution in [0.5, 0.6) is 5.75 Å².